The molecule has 0 aliphatic rings. The molecule has 3 aromatic carbocycles. The Kier molecular flexibility index (Phi) is 2.49. The van der Waals surface area contributed by atoms with Crippen LogP contribution in [-0.2, 0) is 0 Å². The van der Waals surface area contributed by atoms with Gasteiger partial charge in [-0.05, 0) is 32.7 Å². The van der Waals surface area contributed by atoms with Gasteiger partial charge in [-0.3, -0.25) is 0 Å². The van der Waals surface area contributed by atoms with E-state index < -0.39 is 0 Å². The summed E-state index contributed by atoms with van der Waals surface area (Å²) in [6.45, 7) is 7.83. The Morgan fingerprint density at radius 1 is 0.722 bits per heavy atom. The Bertz CT molecular complexity index is 763. The Labute approximate surface area is 107 Å². The first kappa shape index (κ1) is 10.8. The van der Waals surface area contributed by atoms with Crippen molar-refractivity contribution in [3.05, 3.63) is 72.8 Å². The zero-order valence-corrected chi connectivity index (χ0v) is 10.2. The minimum absolute atomic E-state index is 1.13. The van der Waals surface area contributed by atoms with Crippen molar-refractivity contribution < 1.29 is 0 Å². The third kappa shape index (κ3) is 1.46. The normalized spacial score (nSPS) is 10.7. The van der Waals surface area contributed by atoms with E-state index >= 15 is 0 Å². The number of benzene rings is 3. The van der Waals surface area contributed by atoms with Crippen molar-refractivity contribution in [2.24, 2.45) is 0 Å². The highest BCUT2D eigenvalue weighted by atomic mass is 14.1. The molecule has 0 unspecified atom stereocenters. The van der Waals surface area contributed by atoms with E-state index in [2.05, 4.69) is 61.7 Å². The first-order valence-corrected chi connectivity index (χ1v) is 6.04. The largest absolute Gasteiger partial charge is 0.0984 e. The summed E-state index contributed by atoms with van der Waals surface area (Å²) in [5.74, 6) is 0. The van der Waals surface area contributed by atoms with Crippen molar-refractivity contribution in [1.29, 1.82) is 0 Å². The SMILES string of the molecule is C=Cc1ccc2ccc3ccccc3c2c1C=C. The van der Waals surface area contributed by atoms with Gasteiger partial charge in [-0.1, -0.05) is 73.8 Å². The summed E-state index contributed by atoms with van der Waals surface area (Å²) in [4.78, 5) is 0. The van der Waals surface area contributed by atoms with Crippen molar-refractivity contribution in [2.45, 2.75) is 0 Å². The minimum atomic E-state index is 1.13. The molecule has 3 rings (SSSR count). The maximum atomic E-state index is 3.95. The van der Waals surface area contributed by atoms with Crippen molar-refractivity contribution in [2.75, 3.05) is 0 Å². The summed E-state index contributed by atoms with van der Waals surface area (Å²) in [7, 11) is 0. The second-order valence-electron chi connectivity index (χ2n) is 4.36. The second kappa shape index (κ2) is 4.15. The predicted octanol–water partition coefficient (Wildman–Crippen LogP) is 5.28. The second-order valence-corrected chi connectivity index (χ2v) is 4.36. The molecule has 0 aliphatic carbocycles. The number of rotatable bonds is 2. The molecule has 0 atom stereocenters. The molecular weight excluding hydrogens is 216 g/mol. The van der Waals surface area contributed by atoms with Crippen molar-refractivity contribution in [1.82, 2.24) is 0 Å². The van der Waals surface area contributed by atoms with Gasteiger partial charge in [0.1, 0.15) is 0 Å². The third-order valence-corrected chi connectivity index (χ3v) is 3.41. The lowest BCUT2D eigenvalue weighted by molar-refractivity contribution is 1.69. The highest BCUT2D eigenvalue weighted by Gasteiger charge is 2.06. The Morgan fingerprint density at radius 2 is 1.44 bits per heavy atom. The number of hydrogen-bond acceptors (Lipinski definition) is 0. The zero-order chi connectivity index (χ0) is 12.5. The maximum absolute atomic E-state index is 3.95. The molecule has 0 fully saturated rings. The first-order chi connectivity index (χ1) is 8.85. The lowest BCUT2D eigenvalue weighted by Crippen LogP contribution is -1.86. The molecule has 3 aromatic rings. The minimum Gasteiger partial charge on any atom is -0.0984 e. The van der Waals surface area contributed by atoms with Crippen LogP contribution in [0.25, 0.3) is 33.7 Å². The van der Waals surface area contributed by atoms with E-state index in [1.54, 1.807) is 0 Å². The van der Waals surface area contributed by atoms with Gasteiger partial charge < -0.3 is 0 Å². The molecular formula is C18H14. The van der Waals surface area contributed by atoms with Gasteiger partial charge in [0.25, 0.3) is 0 Å². The van der Waals surface area contributed by atoms with Crippen LogP contribution in [0.2, 0.25) is 0 Å². The first-order valence-electron chi connectivity index (χ1n) is 6.04. The fraction of sp³-hybridized carbons (Fsp3) is 0. The maximum Gasteiger partial charge on any atom is -0.00270 e. The third-order valence-electron chi connectivity index (χ3n) is 3.41. The highest BCUT2D eigenvalue weighted by molar-refractivity contribution is 6.12. The lowest BCUT2D eigenvalue weighted by Gasteiger charge is -2.10. The van der Waals surface area contributed by atoms with Crippen LogP contribution in [0.1, 0.15) is 11.1 Å². The molecule has 0 heterocycles. The van der Waals surface area contributed by atoms with Crippen molar-refractivity contribution in [3.63, 3.8) is 0 Å². The summed E-state index contributed by atoms with van der Waals surface area (Å²) in [5, 5.41) is 5.04. The monoisotopic (exact) mass is 230 g/mol. The standard InChI is InChI=1S/C18H14/c1-3-13-9-11-15-12-10-14-7-5-6-8-17(14)18(15)16(13)4-2/h3-12H,1-2H2. The molecule has 0 heteroatoms. The fourth-order valence-electron chi connectivity index (χ4n) is 2.54. The van der Waals surface area contributed by atoms with E-state index in [-0.39, 0.29) is 0 Å². The quantitative estimate of drug-likeness (QED) is 0.525. The van der Waals surface area contributed by atoms with E-state index in [9.17, 15) is 0 Å². The molecule has 0 spiro atoms. The van der Waals surface area contributed by atoms with E-state index in [1.165, 1.54) is 27.1 Å². The van der Waals surface area contributed by atoms with Gasteiger partial charge in [0.15, 0.2) is 0 Å². The summed E-state index contributed by atoms with van der Waals surface area (Å²) >= 11 is 0. The molecule has 18 heavy (non-hydrogen) atoms. The lowest BCUT2D eigenvalue weighted by atomic mass is 9.94. The molecule has 0 nitrogen and oxygen atoms in total. The van der Waals surface area contributed by atoms with Gasteiger partial charge in [-0.15, -0.1) is 0 Å². The molecule has 0 bridgehead atoms. The van der Waals surface area contributed by atoms with Gasteiger partial charge in [0.05, 0.1) is 0 Å². The fourth-order valence-corrected chi connectivity index (χ4v) is 2.54. The Morgan fingerprint density at radius 3 is 2.22 bits per heavy atom. The average molecular weight is 230 g/mol. The summed E-state index contributed by atoms with van der Waals surface area (Å²) in [5.41, 5.74) is 2.30. The summed E-state index contributed by atoms with van der Waals surface area (Å²) < 4.78 is 0. The van der Waals surface area contributed by atoms with Gasteiger partial charge in [0, 0.05) is 0 Å². The van der Waals surface area contributed by atoms with E-state index in [0.29, 0.717) is 0 Å². The zero-order valence-electron chi connectivity index (χ0n) is 10.2. The number of fused-ring (bicyclic) bond motifs is 3. The average Bonchev–Trinajstić information content (AvgIpc) is 2.45. The highest BCUT2D eigenvalue weighted by Crippen LogP contribution is 2.31. The van der Waals surface area contributed by atoms with Crippen LogP contribution >= 0.6 is 0 Å². The smallest absolute Gasteiger partial charge is 0.00270 e. The van der Waals surface area contributed by atoms with Crippen LogP contribution in [-0.4, -0.2) is 0 Å². The van der Waals surface area contributed by atoms with Crippen LogP contribution in [0, 0.1) is 0 Å². The topological polar surface area (TPSA) is 0 Å². The summed E-state index contributed by atoms with van der Waals surface area (Å²) in [6.07, 6.45) is 3.81. The van der Waals surface area contributed by atoms with Gasteiger partial charge in [-0.25, -0.2) is 0 Å². The molecule has 86 valence electrons. The van der Waals surface area contributed by atoms with E-state index in [0.717, 1.165) is 5.56 Å². The van der Waals surface area contributed by atoms with Crippen LogP contribution in [0.4, 0.5) is 0 Å². The van der Waals surface area contributed by atoms with Crippen LogP contribution < -0.4 is 0 Å². The summed E-state index contributed by atoms with van der Waals surface area (Å²) in [6, 6.07) is 17.0. The molecule has 0 aliphatic heterocycles. The molecule has 0 saturated heterocycles. The Balaban J connectivity index is 2.61. The molecule has 0 aromatic heterocycles. The molecule has 0 radical (unpaired) electrons. The molecule has 0 saturated carbocycles. The predicted molar refractivity (Wildman–Crippen MR) is 81.6 cm³/mol. The van der Waals surface area contributed by atoms with Gasteiger partial charge >= 0.3 is 0 Å². The Hall–Kier alpha value is -2.34. The van der Waals surface area contributed by atoms with Crippen LogP contribution in [0.5, 0.6) is 0 Å². The van der Waals surface area contributed by atoms with E-state index in [4.69, 9.17) is 0 Å². The number of hydrogen-bond donors (Lipinski definition) is 0. The van der Waals surface area contributed by atoms with Crippen LogP contribution in [0.15, 0.2) is 61.7 Å². The van der Waals surface area contributed by atoms with Crippen LogP contribution in [0.3, 0.4) is 0 Å². The van der Waals surface area contributed by atoms with Crippen molar-refractivity contribution in [3.8, 4) is 0 Å². The molecule has 0 N–H and O–H groups in total. The van der Waals surface area contributed by atoms with Gasteiger partial charge in [0.2, 0.25) is 0 Å². The van der Waals surface area contributed by atoms with Crippen molar-refractivity contribution >= 4 is 33.7 Å². The molecule has 0 amide bonds. The van der Waals surface area contributed by atoms with Gasteiger partial charge in [-0.2, -0.15) is 0 Å². The van der Waals surface area contributed by atoms with E-state index in [1.807, 2.05) is 12.2 Å².